The van der Waals surface area contributed by atoms with E-state index in [4.69, 9.17) is 4.74 Å². The van der Waals surface area contributed by atoms with Gasteiger partial charge < -0.3 is 14.5 Å². The Bertz CT molecular complexity index is 1400. The molecular formula is C25H18Br2F7N3O3. The first-order valence-electron chi connectivity index (χ1n) is 10.9. The first kappa shape index (κ1) is 31.3. The van der Waals surface area contributed by atoms with E-state index in [9.17, 15) is 40.3 Å². The molecule has 214 valence electrons. The van der Waals surface area contributed by atoms with Crippen LogP contribution in [0.3, 0.4) is 0 Å². The summed E-state index contributed by atoms with van der Waals surface area (Å²) in [7, 11) is 3.88. The number of benzene rings is 2. The summed E-state index contributed by atoms with van der Waals surface area (Å²) in [5.41, 5.74) is -7.22. The number of para-hydroxylation sites is 1. The standard InChI is InChI=1S/C25H18Br2F7N3O3/c1-36(21(38)13-7-9-35-10-8-13)18-6-4-5-15(20(18)40-3)22(39)37(2)19-16(26)11-14(12-17(19)27)23(28,24(29,30)31)25(32,33)34/h4-12H,1-3H3. The van der Waals surface area contributed by atoms with Crippen LogP contribution in [-0.4, -0.2) is 50.4 Å². The normalized spacial score (nSPS) is 12.2. The minimum Gasteiger partial charge on any atom is -0.494 e. The smallest absolute Gasteiger partial charge is 0.435 e. The molecule has 0 aliphatic rings. The number of carbonyl (C=O) groups excluding carboxylic acids is 2. The highest BCUT2D eigenvalue weighted by Gasteiger charge is 2.73. The summed E-state index contributed by atoms with van der Waals surface area (Å²) in [6.07, 6.45) is -9.79. The van der Waals surface area contributed by atoms with Gasteiger partial charge >= 0.3 is 18.0 Å². The van der Waals surface area contributed by atoms with Crippen LogP contribution in [0.25, 0.3) is 0 Å². The molecule has 3 rings (SSSR count). The molecule has 1 aromatic heterocycles. The van der Waals surface area contributed by atoms with E-state index in [2.05, 4.69) is 36.8 Å². The summed E-state index contributed by atoms with van der Waals surface area (Å²) in [6.45, 7) is 0. The fourth-order valence-corrected chi connectivity index (χ4v) is 5.54. The van der Waals surface area contributed by atoms with Crippen molar-refractivity contribution in [1.29, 1.82) is 0 Å². The fraction of sp³-hybridized carbons (Fsp3) is 0.240. The number of anilines is 2. The van der Waals surface area contributed by atoms with Crippen LogP contribution in [0, 0.1) is 0 Å². The highest BCUT2D eigenvalue weighted by atomic mass is 79.9. The van der Waals surface area contributed by atoms with Gasteiger partial charge in [-0.1, -0.05) is 6.07 Å². The van der Waals surface area contributed by atoms with Gasteiger partial charge in [-0.25, -0.2) is 4.39 Å². The average molecular weight is 701 g/mol. The molecule has 0 radical (unpaired) electrons. The van der Waals surface area contributed by atoms with Crippen LogP contribution in [0.5, 0.6) is 5.75 Å². The van der Waals surface area contributed by atoms with Crippen LogP contribution in [0.15, 0.2) is 63.8 Å². The second-order valence-electron chi connectivity index (χ2n) is 8.26. The van der Waals surface area contributed by atoms with Gasteiger partial charge in [0.2, 0.25) is 0 Å². The molecule has 0 spiro atoms. The van der Waals surface area contributed by atoms with Gasteiger partial charge in [-0.05, 0) is 68.3 Å². The van der Waals surface area contributed by atoms with Crippen LogP contribution in [0.2, 0.25) is 0 Å². The summed E-state index contributed by atoms with van der Waals surface area (Å²) in [5, 5.41) is 0. The van der Waals surface area contributed by atoms with Crippen LogP contribution in [-0.2, 0) is 5.67 Å². The topological polar surface area (TPSA) is 62.7 Å². The Balaban J connectivity index is 2.06. The lowest BCUT2D eigenvalue weighted by atomic mass is 9.94. The molecule has 6 nitrogen and oxygen atoms in total. The summed E-state index contributed by atoms with van der Waals surface area (Å²) in [6, 6.07) is 7.88. The predicted octanol–water partition coefficient (Wildman–Crippen LogP) is 7.46. The number of alkyl halides is 7. The van der Waals surface area contributed by atoms with E-state index in [1.165, 1.54) is 68.8 Å². The number of nitrogens with zero attached hydrogens (tertiary/aromatic N) is 3. The zero-order valence-electron chi connectivity index (χ0n) is 20.7. The number of hydrogen-bond donors (Lipinski definition) is 0. The molecule has 0 unspecified atom stereocenters. The zero-order valence-corrected chi connectivity index (χ0v) is 23.8. The molecule has 2 aromatic carbocycles. The Labute approximate surface area is 240 Å². The van der Waals surface area contributed by atoms with E-state index in [1.54, 1.807) is 0 Å². The quantitative estimate of drug-likeness (QED) is 0.251. The molecule has 3 aromatic rings. The highest BCUT2D eigenvalue weighted by Crippen LogP contribution is 2.55. The maximum absolute atomic E-state index is 14.6. The zero-order chi connectivity index (χ0) is 30.2. The number of hydrogen-bond acceptors (Lipinski definition) is 4. The lowest BCUT2D eigenvalue weighted by Crippen LogP contribution is -2.50. The Hall–Kier alpha value is -3.20. The molecule has 0 N–H and O–H groups in total. The van der Waals surface area contributed by atoms with E-state index < -0.39 is 44.3 Å². The molecule has 0 aliphatic carbocycles. The van der Waals surface area contributed by atoms with Crippen molar-refractivity contribution in [1.82, 2.24) is 4.98 Å². The number of ether oxygens (including phenoxy) is 1. The average Bonchev–Trinajstić information content (AvgIpc) is 2.89. The van der Waals surface area contributed by atoms with Gasteiger partial charge in [0.15, 0.2) is 5.75 Å². The second-order valence-corrected chi connectivity index (χ2v) is 9.97. The van der Waals surface area contributed by atoms with Crippen molar-refractivity contribution in [2.24, 2.45) is 0 Å². The van der Waals surface area contributed by atoms with Crippen LogP contribution >= 0.6 is 31.9 Å². The lowest BCUT2D eigenvalue weighted by Gasteiger charge is -2.31. The third kappa shape index (κ3) is 5.53. The molecule has 0 bridgehead atoms. The molecule has 0 atom stereocenters. The molecule has 0 aliphatic heterocycles. The van der Waals surface area contributed by atoms with E-state index in [0.717, 1.165) is 4.90 Å². The minimum atomic E-state index is -6.32. The Morgan fingerprint density at radius 2 is 1.35 bits per heavy atom. The second kappa shape index (κ2) is 11.4. The predicted molar refractivity (Wildman–Crippen MR) is 139 cm³/mol. The number of halogens is 9. The van der Waals surface area contributed by atoms with Gasteiger partial charge in [0.05, 0.1) is 24.0 Å². The number of amides is 2. The largest absolute Gasteiger partial charge is 0.494 e. The monoisotopic (exact) mass is 699 g/mol. The van der Waals surface area contributed by atoms with Crippen LogP contribution < -0.4 is 14.5 Å². The third-order valence-corrected chi connectivity index (χ3v) is 7.07. The van der Waals surface area contributed by atoms with Crippen molar-refractivity contribution in [3.05, 3.63) is 80.5 Å². The van der Waals surface area contributed by atoms with Crippen molar-refractivity contribution in [3.63, 3.8) is 0 Å². The molecular weight excluding hydrogens is 683 g/mol. The molecule has 0 fully saturated rings. The summed E-state index contributed by atoms with van der Waals surface area (Å²) in [4.78, 5) is 32.4. The van der Waals surface area contributed by atoms with Gasteiger partial charge in [-0.2, -0.15) is 26.3 Å². The minimum absolute atomic E-state index is 0.0370. The van der Waals surface area contributed by atoms with Crippen molar-refractivity contribution < 1.29 is 45.1 Å². The Kier molecular flexibility index (Phi) is 8.89. The van der Waals surface area contributed by atoms with Crippen molar-refractivity contribution >= 4 is 55.0 Å². The summed E-state index contributed by atoms with van der Waals surface area (Å²) >= 11 is 5.74. The van der Waals surface area contributed by atoms with E-state index >= 15 is 0 Å². The lowest BCUT2D eigenvalue weighted by molar-refractivity contribution is -0.348. The number of rotatable bonds is 6. The summed E-state index contributed by atoms with van der Waals surface area (Å²) < 4.78 is 98.8. The first-order valence-corrected chi connectivity index (χ1v) is 12.5. The van der Waals surface area contributed by atoms with Crippen LogP contribution in [0.1, 0.15) is 26.3 Å². The van der Waals surface area contributed by atoms with Crippen molar-refractivity contribution in [2.45, 2.75) is 18.0 Å². The van der Waals surface area contributed by atoms with Gasteiger partial charge in [0.25, 0.3) is 11.8 Å². The molecule has 1 heterocycles. The van der Waals surface area contributed by atoms with Gasteiger partial charge in [0, 0.05) is 46.6 Å². The van der Waals surface area contributed by atoms with E-state index in [1.807, 2.05) is 0 Å². The van der Waals surface area contributed by atoms with E-state index in [0.29, 0.717) is 17.7 Å². The van der Waals surface area contributed by atoms with Crippen molar-refractivity contribution in [2.75, 3.05) is 31.0 Å². The third-order valence-electron chi connectivity index (χ3n) is 5.86. The Morgan fingerprint density at radius 1 is 0.825 bits per heavy atom. The van der Waals surface area contributed by atoms with Gasteiger partial charge in [-0.3, -0.25) is 14.6 Å². The molecule has 40 heavy (non-hydrogen) atoms. The van der Waals surface area contributed by atoms with E-state index in [-0.39, 0.29) is 22.7 Å². The maximum atomic E-state index is 14.6. The fourth-order valence-electron chi connectivity index (χ4n) is 3.82. The summed E-state index contributed by atoms with van der Waals surface area (Å²) in [5.74, 6) is -1.30. The highest BCUT2D eigenvalue weighted by molar-refractivity contribution is 9.11. The SMILES string of the molecule is COc1c(C(=O)N(C)c2c(Br)cc(C(F)(C(F)(F)F)C(F)(F)F)cc2Br)cccc1N(C)C(=O)c1ccncc1. The molecule has 2 amide bonds. The van der Waals surface area contributed by atoms with Crippen molar-refractivity contribution in [3.8, 4) is 5.75 Å². The van der Waals surface area contributed by atoms with Gasteiger partial charge in [-0.15, -0.1) is 0 Å². The molecule has 0 saturated carbocycles. The number of methoxy groups -OCH3 is 1. The molecule has 0 saturated heterocycles. The number of aromatic nitrogens is 1. The van der Waals surface area contributed by atoms with Crippen LogP contribution in [0.4, 0.5) is 42.1 Å². The molecule has 15 heteroatoms. The number of pyridine rings is 1. The first-order chi connectivity index (χ1) is 18.5. The number of carbonyl (C=O) groups is 2. The maximum Gasteiger partial charge on any atom is 0.435 e. The van der Waals surface area contributed by atoms with Gasteiger partial charge in [0.1, 0.15) is 0 Å². The Morgan fingerprint density at radius 3 is 1.82 bits per heavy atom.